The average molecular weight is 438 g/mol. The van der Waals surface area contributed by atoms with E-state index < -0.39 is 0 Å². The van der Waals surface area contributed by atoms with Gasteiger partial charge in [-0.3, -0.25) is 4.99 Å². The Morgan fingerprint density at radius 1 is 1.09 bits per heavy atom. The molecule has 1 rings (SSSR count). The highest BCUT2D eigenvalue weighted by molar-refractivity contribution is 14.0. The molecule has 0 saturated carbocycles. The number of hydrogen-bond acceptors (Lipinski definition) is 2. The van der Waals surface area contributed by atoms with Crippen molar-refractivity contribution in [1.82, 2.24) is 15.5 Å². The van der Waals surface area contributed by atoms with Gasteiger partial charge in [-0.15, -0.1) is 24.0 Å². The first kappa shape index (κ1) is 23.0. The monoisotopic (exact) mass is 438 g/mol. The van der Waals surface area contributed by atoms with E-state index >= 15 is 0 Å². The summed E-state index contributed by atoms with van der Waals surface area (Å²) in [5.74, 6) is 1.76. The van der Waals surface area contributed by atoms with Crippen LogP contribution in [0.5, 0.6) is 0 Å². The number of nitrogens with one attached hydrogen (secondary N) is 2. The zero-order chi connectivity index (χ0) is 16.2. The summed E-state index contributed by atoms with van der Waals surface area (Å²) >= 11 is 0. The second-order valence-electron chi connectivity index (χ2n) is 7.03. The Hall–Kier alpha value is -0.0400. The molecule has 1 unspecified atom stereocenters. The van der Waals surface area contributed by atoms with Crippen LogP contribution in [-0.2, 0) is 0 Å². The Morgan fingerprint density at radius 3 is 2.39 bits per heavy atom. The highest BCUT2D eigenvalue weighted by atomic mass is 127. The molecule has 1 atom stereocenters. The second-order valence-corrected chi connectivity index (χ2v) is 7.03. The van der Waals surface area contributed by atoms with Gasteiger partial charge in [-0.1, -0.05) is 13.8 Å². The Balaban J connectivity index is 0.00000484. The molecule has 0 aromatic heterocycles. The molecule has 0 bridgehead atoms. The molecular weight excluding hydrogens is 399 g/mol. The van der Waals surface area contributed by atoms with Crippen LogP contribution in [0.2, 0.25) is 0 Å². The summed E-state index contributed by atoms with van der Waals surface area (Å²) in [6.45, 7) is 14.7. The van der Waals surface area contributed by atoms with Gasteiger partial charge < -0.3 is 15.5 Å². The zero-order valence-electron chi connectivity index (χ0n) is 15.7. The Bertz CT molecular complexity index is 301. The Morgan fingerprint density at radius 2 is 1.78 bits per heavy atom. The number of nitrogens with zero attached hydrogens (tertiary/aromatic N) is 2. The lowest BCUT2D eigenvalue weighted by Gasteiger charge is -2.18. The largest absolute Gasteiger partial charge is 0.357 e. The fraction of sp³-hybridized carbons (Fsp3) is 0.944. The van der Waals surface area contributed by atoms with Crippen LogP contribution >= 0.6 is 24.0 Å². The Labute approximate surface area is 161 Å². The maximum Gasteiger partial charge on any atom is 0.191 e. The van der Waals surface area contributed by atoms with Crippen molar-refractivity contribution in [2.75, 3.05) is 32.7 Å². The van der Waals surface area contributed by atoms with Gasteiger partial charge in [-0.2, -0.15) is 0 Å². The van der Waals surface area contributed by atoms with Crippen LogP contribution in [0.1, 0.15) is 66.2 Å². The van der Waals surface area contributed by atoms with Crippen molar-refractivity contribution in [3.63, 3.8) is 0 Å². The average Bonchev–Trinajstić information content (AvgIpc) is 2.98. The molecule has 0 aromatic carbocycles. The molecule has 0 radical (unpaired) electrons. The van der Waals surface area contributed by atoms with Gasteiger partial charge in [0.15, 0.2) is 5.96 Å². The lowest BCUT2D eigenvalue weighted by atomic mass is 10.0. The van der Waals surface area contributed by atoms with E-state index in [0.29, 0.717) is 6.04 Å². The van der Waals surface area contributed by atoms with Crippen LogP contribution in [0, 0.1) is 5.92 Å². The Kier molecular flexibility index (Phi) is 14.3. The normalized spacial score (nSPS) is 17.2. The third-order valence-corrected chi connectivity index (χ3v) is 4.26. The SMILES string of the molecule is CCNC(=NCCCCN1CCCC1)NC(C)CCC(C)C.I. The van der Waals surface area contributed by atoms with E-state index in [2.05, 4.69) is 43.2 Å². The van der Waals surface area contributed by atoms with Crippen molar-refractivity contribution < 1.29 is 0 Å². The third-order valence-electron chi connectivity index (χ3n) is 4.26. The molecule has 1 heterocycles. The molecule has 4 nitrogen and oxygen atoms in total. The van der Waals surface area contributed by atoms with Crippen LogP contribution in [0.4, 0.5) is 0 Å². The minimum Gasteiger partial charge on any atom is -0.357 e. The summed E-state index contributed by atoms with van der Waals surface area (Å²) in [6, 6.07) is 0.491. The van der Waals surface area contributed by atoms with Gasteiger partial charge in [0, 0.05) is 19.1 Å². The van der Waals surface area contributed by atoms with Gasteiger partial charge in [-0.05, 0) is 77.9 Å². The fourth-order valence-electron chi connectivity index (χ4n) is 2.85. The standard InChI is InChI=1S/C18H38N4.HI/c1-5-19-18(21-17(4)11-10-16(2)3)20-12-6-7-13-22-14-8-9-15-22;/h16-17H,5-15H2,1-4H3,(H2,19,20,21);1H. The molecule has 1 fully saturated rings. The van der Waals surface area contributed by atoms with Crippen molar-refractivity contribution in [1.29, 1.82) is 0 Å². The van der Waals surface area contributed by atoms with E-state index in [9.17, 15) is 0 Å². The lowest BCUT2D eigenvalue weighted by Crippen LogP contribution is -2.42. The topological polar surface area (TPSA) is 39.7 Å². The number of unbranched alkanes of at least 4 members (excludes halogenated alkanes) is 1. The van der Waals surface area contributed by atoms with E-state index in [-0.39, 0.29) is 24.0 Å². The molecule has 23 heavy (non-hydrogen) atoms. The molecule has 5 heteroatoms. The van der Waals surface area contributed by atoms with Crippen molar-refractivity contribution >= 4 is 29.9 Å². The highest BCUT2D eigenvalue weighted by Crippen LogP contribution is 2.08. The van der Waals surface area contributed by atoms with Gasteiger partial charge in [0.1, 0.15) is 0 Å². The minimum absolute atomic E-state index is 0. The molecule has 1 aliphatic heterocycles. The molecule has 138 valence electrons. The maximum absolute atomic E-state index is 4.72. The minimum atomic E-state index is 0. The number of likely N-dealkylation sites (tertiary alicyclic amines) is 1. The maximum atomic E-state index is 4.72. The fourth-order valence-corrected chi connectivity index (χ4v) is 2.85. The number of rotatable bonds is 10. The predicted octanol–water partition coefficient (Wildman–Crippen LogP) is 3.86. The van der Waals surface area contributed by atoms with Crippen LogP contribution in [0.25, 0.3) is 0 Å². The molecule has 0 aliphatic carbocycles. The van der Waals surface area contributed by atoms with E-state index in [0.717, 1.165) is 25.0 Å². The van der Waals surface area contributed by atoms with Crippen LogP contribution in [0.3, 0.4) is 0 Å². The van der Waals surface area contributed by atoms with E-state index in [1.165, 1.54) is 58.2 Å². The summed E-state index contributed by atoms with van der Waals surface area (Å²) in [4.78, 5) is 7.31. The first-order chi connectivity index (χ1) is 10.6. The van der Waals surface area contributed by atoms with Crippen LogP contribution in [0.15, 0.2) is 4.99 Å². The third kappa shape index (κ3) is 12.0. The smallest absolute Gasteiger partial charge is 0.191 e. The number of guanidine groups is 1. The summed E-state index contributed by atoms with van der Waals surface area (Å²) in [6.07, 6.45) is 7.71. The summed E-state index contributed by atoms with van der Waals surface area (Å²) in [5.41, 5.74) is 0. The zero-order valence-corrected chi connectivity index (χ0v) is 18.1. The predicted molar refractivity (Wildman–Crippen MR) is 113 cm³/mol. The molecule has 1 aliphatic rings. The van der Waals surface area contributed by atoms with Crippen LogP contribution < -0.4 is 10.6 Å². The number of hydrogen-bond donors (Lipinski definition) is 2. The molecule has 0 amide bonds. The molecular formula is C18H39IN4. The molecule has 0 aromatic rings. The van der Waals surface area contributed by atoms with Crippen molar-refractivity contribution in [2.45, 2.75) is 72.3 Å². The molecule has 0 spiro atoms. The van der Waals surface area contributed by atoms with Gasteiger partial charge in [0.25, 0.3) is 0 Å². The quantitative estimate of drug-likeness (QED) is 0.236. The van der Waals surface area contributed by atoms with E-state index in [1.807, 2.05) is 0 Å². The highest BCUT2D eigenvalue weighted by Gasteiger charge is 2.10. The van der Waals surface area contributed by atoms with Crippen molar-refractivity contribution in [2.24, 2.45) is 10.9 Å². The first-order valence-electron chi connectivity index (χ1n) is 9.39. The van der Waals surface area contributed by atoms with Crippen molar-refractivity contribution in [3.05, 3.63) is 0 Å². The summed E-state index contributed by atoms with van der Waals surface area (Å²) in [5, 5.41) is 6.90. The van der Waals surface area contributed by atoms with Gasteiger partial charge in [0.2, 0.25) is 0 Å². The number of halogens is 1. The van der Waals surface area contributed by atoms with E-state index in [4.69, 9.17) is 4.99 Å². The van der Waals surface area contributed by atoms with Gasteiger partial charge in [-0.25, -0.2) is 0 Å². The molecule has 2 N–H and O–H groups in total. The second kappa shape index (κ2) is 14.3. The number of aliphatic imine (C=N–C) groups is 1. The van der Waals surface area contributed by atoms with E-state index in [1.54, 1.807) is 0 Å². The van der Waals surface area contributed by atoms with Gasteiger partial charge in [0.05, 0.1) is 0 Å². The van der Waals surface area contributed by atoms with Crippen molar-refractivity contribution in [3.8, 4) is 0 Å². The lowest BCUT2D eigenvalue weighted by molar-refractivity contribution is 0.331. The molecule has 1 saturated heterocycles. The summed E-state index contributed by atoms with van der Waals surface area (Å²) < 4.78 is 0. The summed E-state index contributed by atoms with van der Waals surface area (Å²) in [7, 11) is 0. The first-order valence-corrected chi connectivity index (χ1v) is 9.39. The van der Waals surface area contributed by atoms with Gasteiger partial charge >= 0.3 is 0 Å². The van der Waals surface area contributed by atoms with Crippen LogP contribution in [-0.4, -0.2) is 49.6 Å².